The fourth-order valence-electron chi connectivity index (χ4n) is 3.60. The van der Waals surface area contributed by atoms with Crippen LogP contribution >= 0.6 is 7.60 Å². The van der Waals surface area contributed by atoms with Crippen LogP contribution in [0.2, 0.25) is 0 Å². The average Bonchev–Trinajstić information content (AvgIpc) is 2.57. The van der Waals surface area contributed by atoms with Crippen LogP contribution in [0.3, 0.4) is 0 Å². The molecule has 0 bridgehead atoms. The summed E-state index contributed by atoms with van der Waals surface area (Å²) in [6.45, 7) is 4.02. The maximum atomic E-state index is 13.2. The van der Waals surface area contributed by atoms with Crippen LogP contribution in [-0.2, 0) is 22.3 Å². The minimum absolute atomic E-state index is 0.236. The zero-order chi connectivity index (χ0) is 19.8. The quantitative estimate of drug-likeness (QED) is 0.787. The van der Waals surface area contributed by atoms with Gasteiger partial charge >= 0.3 is 7.60 Å². The molecular formula is C20H22NO5P. The van der Waals surface area contributed by atoms with E-state index in [1.54, 1.807) is 12.1 Å². The molecule has 27 heavy (non-hydrogen) atoms. The Morgan fingerprint density at radius 1 is 1.07 bits per heavy atom. The van der Waals surface area contributed by atoms with E-state index >= 15 is 0 Å². The van der Waals surface area contributed by atoms with Gasteiger partial charge in [0.15, 0.2) is 5.78 Å². The lowest BCUT2D eigenvalue weighted by atomic mass is 9.91. The van der Waals surface area contributed by atoms with Crippen molar-refractivity contribution in [2.24, 2.45) is 0 Å². The topological polar surface area (TPSA) is 94.9 Å². The smallest absolute Gasteiger partial charge is 0.324 e. The van der Waals surface area contributed by atoms with Crippen molar-refractivity contribution >= 4 is 19.3 Å². The predicted molar refractivity (Wildman–Crippen MR) is 102 cm³/mol. The molecule has 0 aromatic heterocycles. The second kappa shape index (κ2) is 7.39. The molecule has 0 aliphatic carbocycles. The molecule has 2 N–H and O–H groups in total. The number of rotatable bonds is 4. The summed E-state index contributed by atoms with van der Waals surface area (Å²) in [5, 5.41) is 0. The molecule has 6 nitrogen and oxygen atoms in total. The van der Waals surface area contributed by atoms with E-state index in [4.69, 9.17) is 0 Å². The predicted octanol–water partition coefficient (Wildman–Crippen LogP) is 2.62. The summed E-state index contributed by atoms with van der Waals surface area (Å²) in [4.78, 5) is 45.7. The molecule has 1 heterocycles. The first-order valence-corrected chi connectivity index (χ1v) is 10.5. The zero-order valence-electron chi connectivity index (χ0n) is 15.3. The van der Waals surface area contributed by atoms with Crippen LogP contribution in [0.25, 0.3) is 0 Å². The van der Waals surface area contributed by atoms with Crippen LogP contribution in [0.5, 0.6) is 0 Å². The largest absolute Gasteiger partial charge is 0.333 e. The molecule has 2 aromatic carbocycles. The SMILES string of the molecule is Cc1cc(C)cc(C(=O)N2Cc3ccccc3CC2C(=O)CP(=O)(O)O)c1. The summed E-state index contributed by atoms with van der Waals surface area (Å²) < 4.78 is 11.3. The molecule has 1 aliphatic heterocycles. The van der Waals surface area contributed by atoms with Crippen molar-refractivity contribution < 1.29 is 23.9 Å². The van der Waals surface area contributed by atoms with E-state index in [1.165, 1.54) is 4.90 Å². The van der Waals surface area contributed by atoms with Gasteiger partial charge in [-0.1, -0.05) is 41.5 Å². The van der Waals surface area contributed by atoms with Gasteiger partial charge in [-0.3, -0.25) is 14.2 Å². The van der Waals surface area contributed by atoms with Gasteiger partial charge in [0.2, 0.25) is 0 Å². The van der Waals surface area contributed by atoms with Crippen LogP contribution in [0, 0.1) is 13.8 Å². The first kappa shape index (κ1) is 19.5. The Hall–Kier alpha value is -2.27. The third kappa shape index (κ3) is 4.53. The highest BCUT2D eigenvalue weighted by molar-refractivity contribution is 7.52. The van der Waals surface area contributed by atoms with E-state index < -0.39 is 25.6 Å². The lowest BCUT2D eigenvalue weighted by Crippen LogP contribution is -2.49. The summed E-state index contributed by atoms with van der Waals surface area (Å²) >= 11 is 0. The monoisotopic (exact) mass is 387 g/mol. The van der Waals surface area contributed by atoms with Gasteiger partial charge in [0, 0.05) is 18.5 Å². The Morgan fingerprint density at radius 3 is 2.26 bits per heavy atom. The highest BCUT2D eigenvalue weighted by Crippen LogP contribution is 2.36. The van der Waals surface area contributed by atoms with Gasteiger partial charge in [-0.15, -0.1) is 0 Å². The number of fused-ring (bicyclic) bond motifs is 1. The number of ketones is 1. The van der Waals surface area contributed by atoms with Crippen LogP contribution in [-0.4, -0.2) is 38.6 Å². The first-order valence-electron chi connectivity index (χ1n) is 8.67. The summed E-state index contributed by atoms with van der Waals surface area (Å²) in [5.74, 6) is -0.920. The molecule has 0 fully saturated rings. The van der Waals surface area contributed by atoms with E-state index in [-0.39, 0.29) is 18.9 Å². The van der Waals surface area contributed by atoms with Gasteiger partial charge in [0.1, 0.15) is 6.16 Å². The second-order valence-corrected chi connectivity index (χ2v) is 8.73. The first-order chi connectivity index (χ1) is 12.6. The molecular weight excluding hydrogens is 365 g/mol. The van der Waals surface area contributed by atoms with Crippen LogP contribution < -0.4 is 0 Å². The maximum Gasteiger partial charge on any atom is 0.333 e. The molecule has 2 aromatic rings. The standard InChI is InChI=1S/C20H22NO5P/c1-13-7-14(2)9-17(8-13)20(23)21-11-16-6-4-3-5-15(16)10-18(21)19(22)12-27(24,25)26/h3-9,18H,10-12H2,1-2H3,(H2,24,25,26). The van der Waals surface area contributed by atoms with E-state index in [9.17, 15) is 23.9 Å². The fourth-order valence-corrected chi connectivity index (χ4v) is 4.21. The van der Waals surface area contributed by atoms with Crippen molar-refractivity contribution in [2.45, 2.75) is 32.9 Å². The molecule has 0 radical (unpaired) electrons. The number of hydrogen-bond acceptors (Lipinski definition) is 3. The van der Waals surface area contributed by atoms with Crippen molar-refractivity contribution in [1.82, 2.24) is 4.90 Å². The van der Waals surface area contributed by atoms with Crippen LogP contribution in [0.1, 0.15) is 32.6 Å². The highest BCUT2D eigenvalue weighted by Gasteiger charge is 2.37. The van der Waals surface area contributed by atoms with Gasteiger partial charge in [0.05, 0.1) is 6.04 Å². The lowest BCUT2D eigenvalue weighted by Gasteiger charge is -2.36. The normalized spacial score (nSPS) is 16.7. The molecule has 0 saturated heterocycles. The number of benzene rings is 2. The number of Topliss-reactive ketones (excluding diaryl/α,β-unsaturated/α-hetero) is 1. The molecule has 1 atom stereocenters. The van der Waals surface area contributed by atoms with Crippen LogP contribution in [0.15, 0.2) is 42.5 Å². The Bertz CT molecular complexity index is 929. The van der Waals surface area contributed by atoms with E-state index in [2.05, 4.69) is 0 Å². The molecule has 0 spiro atoms. The fraction of sp³-hybridized carbons (Fsp3) is 0.300. The molecule has 1 aliphatic rings. The third-order valence-electron chi connectivity index (χ3n) is 4.71. The Balaban J connectivity index is 1.99. The third-order valence-corrected chi connectivity index (χ3v) is 5.44. The second-order valence-electron chi connectivity index (χ2n) is 7.09. The summed E-state index contributed by atoms with van der Waals surface area (Å²) in [5.41, 5.74) is 4.21. The minimum atomic E-state index is -4.50. The van der Waals surface area contributed by atoms with Gasteiger partial charge in [0.25, 0.3) is 5.91 Å². The minimum Gasteiger partial charge on any atom is -0.324 e. The number of amides is 1. The van der Waals surface area contributed by atoms with Crippen LogP contribution in [0.4, 0.5) is 0 Å². The molecule has 1 unspecified atom stereocenters. The Kier molecular flexibility index (Phi) is 5.33. The van der Waals surface area contributed by atoms with Crippen molar-refractivity contribution in [3.05, 3.63) is 70.3 Å². The summed E-state index contributed by atoms with van der Waals surface area (Å²) in [6.07, 6.45) is -0.609. The zero-order valence-corrected chi connectivity index (χ0v) is 16.1. The average molecular weight is 387 g/mol. The lowest BCUT2D eigenvalue weighted by molar-refractivity contribution is -0.121. The molecule has 3 rings (SSSR count). The van der Waals surface area contributed by atoms with Gasteiger partial charge in [-0.2, -0.15) is 0 Å². The number of carbonyl (C=O) groups is 2. The summed E-state index contributed by atoms with van der Waals surface area (Å²) in [7, 11) is -4.50. The molecule has 142 valence electrons. The number of aryl methyl sites for hydroxylation is 2. The van der Waals surface area contributed by atoms with Crippen molar-refractivity contribution in [3.8, 4) is 0 Å². The summed E-state index contributed by atoms with van der Waals surface area (Å²) in [6, 6.07) is 12.1. The van der Waals surface area contributed by atoms with Crippen molar-refractivity contribution in [2.75, 3.05) is 6.16 Å². The number of hydrogen-bond donors (Lipinski definition) is 2. The number of nitrogens with zero attached hydrogens (tertiary/aromatic N) is 1. The van der Waals surface area contributed by atoms with Gasteiger partial charge in [-0.25, -0.2) is 0 Å². The Morgan fingerprint density at radius 2 is 1.67 bits per heavy atom. The van der Waals surface area contributed by atoms with E-state index in [0.29, 0.717) is 5.56 Å². The molecule has 0 saturated carbocycles. The van der Waals surface area contributed by atoms with Crippen molar-refractivity contribution in [1.29, 1.82) is 0 Å². The Labute approximate surface area is 158 Å². The van der Waals surface area contributed by atoms with E-state index in [1.807, 2.05) is 44.2 Å². The van der Waals surface area contributed by atoms with Gasteiger partial charge < -0.3 is 14.7 Å². The maximum absolute atomic E-state index is 13.2. The van der Waals surface area contributed by atoms with Gasteiger partial charge in [-0.05, 0) is 37.1 Å². The molecule has 7 heteroatoms. The van der Waals surface area contributed by atoms with Crippen molar-refractivity contribution in [3.63, 3.8) is 0 Å². The van der Waals surface area contributed by atoms with E-state index in [0.717, 1.165) is 22.3 Å². The number of carbonyl (C=O) groups excluding carboxylic acids is 2. The molecule has 1 amide bonds. The highest BCUT2D eigenvalue weighted by atomic mass is 31.2.